The van der Waals surface area contributed by atoms with Crippen molar-refractivity contribution in [3.8, 4) is 5.75 Å². The average Bonchev–Trinajstić information content (AvgIpc) is 3.05. The number of hydrogen-bond acceptors (Lipinski definition) is 2. The van der Waals surface area contributed by atoms with E-state index in [2.05, 4.69) is 52.5 Å². The third-order valence-electron chi connectivity index (χ3n) is 3.44. The highest BCUT2D eigenvalue weighted by Gasteiger charge is 2.01. The first-order chi connectivity index (χ1) is 11.2. The highest BCUT2D eigenvalue weighted by atomic mass is 16.5. The van der Waals surface area contributed by atoms with E-state index in [0.717, 1.165) is 36.9 Å². The van der Waals surface area contributed by atoms with E-state index < -0.39 is 0 Å². The number of guanidine groups is 1. The monoisotopic (exact) mass is 314 g/mol. The van der Waals surface area contributed by atoms with Crippen LogP contribution in [0.2, 0.25) is 0 Å². The molecule has 5 nitrogen and oxygen atoms in total. The SMILES string of the molecule is CCNC(=NCc1cc(C)cc(OC)c1)NCCn1cccc1. The van der Waals surface area contributed by atoms with Crippen LogP contribution in [0.4, 0.5) is 0 Å². The van der Waals surface area contributed by atoms with Crippen molar-refractivity contribution in [1.29, 1.82) is 0 Å². The minimum Gasteiger partial charge on any atom is -0.497 e. The zero-order valence-corrected chi connectivity index (χ0v) is 14.2. The maximum absolute atomic E-state index is 5.31. The molecule has 0 amide bonds. The summed E-state index contributed by atoms with van der Waals surface area (Å²) < 4.78 is 7.45. The van der Waals surface area contributed by atoms with Crippen molar-refractivity contribution in [2.75, 3.05) is 20.2 Å². The molecule has 23 heavy (non-hydrogen) atoms. The van der Waals surface area contributed by atoms with E-state index in [1.165, 1.54) is 5.56 Å². The second kappa shape index (κ2) is 8.88. The van der Waals surface area contributed by atoms with E-state index in [-0.39, 0.29) is 0 Å². The summed E-state index contributed by atoms with van der Waals surface area (Å²) in [4.78, 5) is 4.65. The average molecular weight is 314 g/mol. The van der Waals surface area contributed by atoms with Crippen molar-refractivity contribution in [3.05, 3.63) is 53.9 Å². The molecule has 1 aromatic heterocycles. The highest BCUT2D eigenvalue weighted by molar-refractivity contribution is 5.79. The number of aromatic nitrogens is 1. The van der Waals surface area contributed by atoms with Crippen LogP contribution in [0.3, 0.4) is 0 Å². The number of nitrogens with one attached hydrogen (secondary N) is 2. The molecule has 0 aliphatic rings. The van der Waals surface area contributed by atoms with E-state index in [0.29, 0.717) is 6.54 Å². The third kappa shape index (κ3) is 5.70. The van der Waals surface area contributed by atoms with Crippen LogP contribution < -0.4 is 15.4 Å². The van der Waals surface area contributed by atoms with Gasteiger partial charge in [-0.1, -0.05) is 6.07 Å². The maximum atomic E-state index is 5.31. The molecule has 5 heteroatoms. The highest BCUT2D eigenvalue weighted by Crippen LogP contribution is 2.16. The summed E-state index contributed by atoms with van der Waals surface area (Å²) >= 11 is 0. The number of ether oxygens (including phenoxy) is 1. The number of aliphatic imine (C=N–C) groups is 1. The molecule has 0 aliphatic carbocycles. The van der Waals surface area contributed by atoms with Gasteiger partial charge in [0.1, 0.15) is 5.75 Å². The fraction of sp³-hybridized carbons (Fsp3) is 0.389. The Balaban J connectivity index is 1.93. The topological polar surface area (TPSA) is 50.6 Å². The minimum atomic E-state index is 0.622. The molecule has 2 N–H and O–H groups in total. The molecule has 1 aromatic carbocycles. The van der Waals surface area contributed by atoms with Crippen molar-refractivity contribution < 1.29 is 4.74 Å². The van der Waals surface area contributed by atoms with Gasteiger partial charge in [0.25, 0.3) is 0 Å². The lowest BCUT2D eigenvalue weighted by Gasteiger charge is -2.12. The van der Waals surface area contributed by atoms with E-state index in [1.807, 2.05) is 24.3 Å². The lowest BCUT2D eigenvalue weighted by atomic mass is 10.1. The molecule has 0 unspecified atom stereocenters. The van der Waals surface area contributed by atoms with Gasteiger partial charge in [0, 0.05) is 32.0 Å². The van der Waals surface area contributed by atoms with Gasteiger partial charge < -0.3 is 19.9 Å². The van der Waals surface area contributed by atoms with Crippen molar-refractivity contribution in [1.82, 2.24) is 15.2 Å². The lowest BCUT2D eigenvalue weighted by Crippen LogP contribution is -2.38. The van der Waals surface area contributed by atoms with Crippen LogP contribution in [0.15, 0.2) is 47.7 Å². The second-order valence-corrected chi connectivity index (χ2v) is 5.40. The van der Waals surface area contributed by atoms with Crippen molar-refractivity contribution in [3.63, 3.8) is 0 Å². The van der Waals surface area contributed by atoms with Gasteiger partial charge in [-0.15, -0.1) is 0 Å². The normalized spacial score (nSPS) is 11.3. The molecule has 0 saturated carbocycles. The Morgan fingerprint density at radius 3 is 2.65 bits per heavy atom. The fourth-order valence-corrected chi connectivity index (χ4v) is 2.37. The molecular formula is C18H26N4O. The summed E-state index contributed by atoms with van der Waals surface area (Å²) in [5, 5.41) is 6.63. The maximum Gasteiger partial charge on any atom is 0.191 e. The van der Waals surface area contributed by atoms with Crippen molar-refractivity contribution >= 4 is 5.96 Å². The van der Waals surface area contributed by atoms with Crippen molar-refractivity contribution in [2.45, 2.75) is 26.9 Å². The molecular weight excluding hydrogens is 288 g/mol. The van der Waals surface area contributed by atoms with Crippen LogP contribution in [0.25, 0.3) is 0 Å². The number of benzene rings is 1. The van der Waals surface area contributed by atoms with Crippen LogP contribution in [0, 0.1) is 6.92 Å². The van der Waals surface area contributed by atoms with Gasteiger partial charge in [0.15, 0.2) is 5.96 Å². The molecule has 0 radical (unpaired) electrons. The lowest BCUT2D eigenvalue weighted by molar-refractivity contribution is 0.414. The van der Waals surface area contributed by atoms with Gasteiger partial charge in [-0.05, 0) is 49.2 Å². The van der Waals surface area contributed by atoms with Crippen LogP contribution in [0.5, 0.6) is 5.75 Å². The number of hydrogen-bond donors (Lipinski definition) is 2. The smallest absolute Gasteiger partial charge is 0.191 e. The molecule has 0 saturated heterocycles. The largest absolute Gasteiger partial charge is 0.497 e. The number of rotatable bonds is 7. The molecule has 1 heterocycles. The van der Waals surface area contributed by atoms with Gasteiger partial charge >= 0.3 is 0 Å². The molecule has 0 aliphatic heterocycles. The van der Waals surface area contributed by atoms with E-state index in [4.69, 9.17) is 4.74 Å². The molecule has 0 bridgehead atoms. The first kappa shape index (κ1) is 16.9. The number of nitrogens with zero attached hydrogens (tertiary/aromatic N) is 2. The van der Waals surface area contributed by atoms with Gasteiger partial charge in [-0.25, -0.2) is 4.99 Å². The Morgan fingerprint density at radius 1 is 1.17 bits per heavy atom. The van der Waals surface area contributed by atoms with Crippen LogP contribution in [-0.4, -0.2) is 30.7 Å². The number of methoxy groups -OCH3 is 1. The summed E-state index contributed by atoms with van der Waals surface area (Å²) in [7, 11) is 1.69. The van der Waals surface area contributed by atoms with Gasteiger partial charge in [0.05, 0.1) is 13.7 Å². The quantitative estimate of drug-likeness (QED) is 0.610. The molecule has 124 valence electrons. The Bertz CT molecular complexity index is 620. The molecule has 0 fully saturated rings. The van der Waals surface area contributed by atoms with Crippen LogP contribution in [0.1, 0.15) is 18.1 Å². The predicted octanol–water partition coefficient (Wildman–Crippen LogP) is 2.56. The Labute approximate surface area is 138 Å². The zero-order valence-electron chi connectivity index (χ0n) is 14.2. The Kier molecular flexibility index (Phi) is 6.54. The van der Waals surface area contributed by atoms with E-state index >= 15 is 0 Å². The fourth-order valence-electron chi connectivity index (χ4n) is 2.37. The van der Waals surface area contributed by atoms with Crippen LogP contribution in [-0.2, 0) is 13.1 Å². The standard InChI is InChI=1S/C18H26N4O/c1-4-19-18(20-7-10-22-8-5-6-9-22)21-14-16-11-15(2)12-17(13-16)23-3/h5-6,8-9,11-13H,4,7,10,14H2,1-3H3,(H2,19,20,21). The van der Waals surface area contributed by atoms with E-state index in [1.54, 1.807) is 7.11 Å². The van der Waals surface area contributed by atoms with Crippen LogP contribution >= 0.6 is 0 Å². The van der Waals surface area contributed by atoms with Crippen molar-refractivity contribution in [2.24, 2.45) is 4.99 Å². The summed E-state index contributed by atoms with van der Waals surface area (Å²) in [6.45, 7) is 7.34. The second-order valence-electron chi connectivity index (χ2n) is 5.40. The van der Waals surface area contributed by atoms with Gasteiger partial charge in [-0.3, -0.25) is 0 Å². The molecule has 2 aromatic rings. The summed E-state index contributed by atoms with van der Waals surface area (Å²) in [6, 6.07) is 10.2. The predicted molar refractivity (Wildman–Crippen MR) is 95.0 cm³/mol. The van der Waals surface area contributed by atoms with Gasteiger partial charge in [0.2, 0.25) is 0 Å². The van der Waals surface area contributed by atoms with E-state index in [9.17, 15) is 0 Å². The number of aryl methyl sites for hydroxylation is 1. The minimum absolute atomic E-state index is 0.622. The molecule has 0 atom stereocenters. The Morgan fingerprint density at radius 2 is 1.96 bits per heavy atom. The van der Waals surface area contributed by atoms with Gasteiger partial charge in [-0.2, -0.15) is 0 Å². The molecule has 0 spiro atoms. The summed E-state index contributed by atoms with van der Waals surface area (Å²) in [5.74, 6) is 1.71. The zero-order chi connectivity index (χ0) is 16.5. The summed E-state index contributed by atoms with van der Waals surface area (Å²) in [5.41, 5.74) is 2.32. The first-order valence-electron chi connectivity index (χ1n) is 7.98. The molecule has 2 rings (SSSR count). The first-order valence-corrected chi connectivity index (χ1v) is 7.98. The third-order valence-corrected chi connectivity index (χ3v) is 3.44. The summed E-state index contributed by atoms with van der Waals surface area (Å²) in [6.07, 6.45) is 4.12. The Hall–Kier alpha value is -2.43.